The first-order valence-corrected chi connectivity index (χ1v) is 8.70. The number of benzene rings is 1. The molecule has 2 amide bonds. The Bertz CT molecular complexity index is 646. The molecule has 1 saturated heterocycles. The SMILES string of the molecule is CC(=O)N1CCN([C@@H]2CC[C@@H](NC(=O)c3cccc(F)c3)[C@H]2O)CC1. The van der Waals surface area contributed by atoms with Crippen molar-refractivity contribution in [1.82, 2.24) is 15.1 Å². The van der Waals surface area contributed by atoms with Crippen LogP contribution in [0.1, 0.15) is 30.1 Å². The lowest BCUT2D eigenvalue weighted by molar-refractivity contribution is -0.131. The van der Waals surface area contributed by atoms with E-state index >= 15 is 0 Å². The van der Waals surface area contributed by atoms with E-state index < -0.39 is 11.9 Å². The number of amides is 2. The van der Waals surface area contributed by atoms with Gasteiger partial charge in [0.1, 0.15) is 5.82 Å². The molecule has 25 heavy (non-hydrogen) atoms. The summed E-state index contributed by atoms with van der Waals surface area (Å²) in [5, 5.41) is 13.4. The average Bonchev–Trinajstić information content (AvgIpc) is 2.95. The van der Waals surface area contributed by atoms with Gasteiger partial charge in [0.05, 0.1) is 12.1 Å². The molecule has 1 aromatic rings. The number of halogens is 1. The first kappa shape index (κ1) is 17.8. The molecule has 3 atom stereocenters. The van der Waals surface area contributed by atoms with E-state index in [1.54, 1.807) is 17.9 Å². The highest BCUT2D eigenvalue weighted by atomic mass is 19.1. The standard InChI is InChI=1S/C18H24FN3O3/c1-12(23)21-7-9-22(10-8-21)16-6-5-15(17(16)24)20-18(25)13-3-2-4-14(19)11-13/h2-4,11,15-17,24H,5-10H2,1H3,(H,20,25)/t15-,16-,17-/m1/s1. The molecule has 3 rings (SSSR count). The number of carbonyl (C=O) groups is 2. The normalized spacial score (nSPS) is 27.3. The summed E-state index contributed by atoms with van der Waals surface area (Å²) in [5.74, 6) is -0.752. The zero-order valence-electron chi connectivity index (χ0n) is 14.3. The van der Waals surface area contributed by atoms with Crippen LogP contribution >= 0.6 is 0 Å². The molecule has 2 N–H and O–H groups in total. The minimum Gasteiger partial charge on any atom is -0.389 e. The molecule has 1 aliphatic heterocycles. The van der Waals surface area contributed by atoms with E-state index in [1.807, 2.05) is 0 Å². The molecule has 1 saturated carbocycles. The van der Waals surface area contributed by atoms with Crippen molar-refractivity contribution >= 4 is 11.8 Å². The highest BCUT2D eigenvalue weighted by Gasteiger charge is 2.40. The third-order valence-corrected chi connectivity index (χ3v) is 5.21. The van der Waals surface area contributed by atoms with Crippen LogP contribution in [-0.4, -0.2) is 71.1 Å². The van der Waals surface area contributed by atoms with Crippen molar-refractivity contribution in [2.24, 2.45) is 0 Å². The van der Waals surface area contributed by atoms with Crippen LogP contribution in [0.2, 0.25) is 0 Å². The smallest absolute Gasteiger partial charge is 0.251 e. The van der Waals surface area contributed by atoms with Gasteiger partial charge in [0.2, 0.25) is 5.91 Å². The van der Waals surface area contributed by atoms with Crippen molar-refractivity contribution in [2.75, 3.05) is 26.2 Å². The quantitative estimate of drug-likeness (QED) is 0.839. The second-order valence-electron chi connectivity index (χ2n) is 6.77. The number of carbonyl (C=O) groups excluding carboxylic acids is 2. The highest BCUT2D eigenvalue weighted by molar-refractivity contribution is 5.94. The van der Waals surface area contributed by atoms with Crippen molar-refractivity contribution in [2.45, 2.75) is 38.0 Å². The molecule has 1 aliphatic carbocycles. The van der Waals surface area contributed by atoms with E-state index in [-0.39, 0.29) is 29.5 Å². The van der Waals surface area contributed by atoms with Crippen LogP contribution in [0.25, 0.3) is 0 Å². The molecule has 0 spiro atoms. The molecule has 0 bridgehead atoms. The van der Waals surface area contributed by atoms with Crippen LogP contribution in [0, 0.1) is 5.82 Å². The van der Waals surface area contributed by atoms with E-state index in [1.165, 1.54) is 18.2 Å². The third kappa shape index (κ3) is 3.99. The predicted molar refractivity (Wildman–Crippen MR) is 90.5 cm³/mol. The summed E-state index contributed by atoms with van der Waals surface area (Å²) in [5.41, 5.74) is 0.255. The summed E-state index contributed by atoms with van der Waals surface area (Å²) in [6.07, 6.45) is 0.802. The van der Waals surface area contributed by atoms with Crippen molar-refractivity contribution in [1.29, 1.82) is 0 Å². The lowest BCUT2D eigenvalue weighted by atomic mass is 10.1. The van der Waals surface area contributed by atoms with Gasteiger partial charge in [-0.15, -0.1) is 0 Å². The summed E-state index contributed by atoms with van der Waals surface area (Å²) < 4.78 is 13.2. The van der Waals surface area contributed by atoms with Gasteiger partial charge in [-0.2, -0.15) is 0 Å². The van der Waals surface area contributed by atoms with E-state index in [0.29, 0.717) is 19.5 Å². The van der Waals surface area contributed by atoms with Gasteiger partial charge < -0.3 is 15.3 Å². The summed E-state index contributed by atoms with van der Waals surface area (Å²) in [4.78, 5) is 27.7. The average molecular weight is 349 g/mol. The molecule has 0 radical (unpaired) electrons. The maximum atomic E-state index is 13.2. The van der Waals surface area contributed by atoms with Gasteiger partial charge in [-0.3, -0.25) is 14.5 Å². The van der Waals surface area contributed by atoms with Gasteiger partial charge in [-0.05, 0) is 31.0 Å². The third-order valence-electron chi connectivity index (χ3n) is 5.21. The number of aliphatic hydroxyl groups is 1. The summed E-state index contributed by atoms with van der Waals surface area (Å²) in [6, 6.07) is 5.16. The van der Waals surface area contributed by atoms with Crippen molar-refractivity contribution in [3.63, 3.8) is 0 Å². The topological polar surface area (TPSA) is 72.9 Å². The number of piperazine rings is 1. The largest absolute Gasteiger partial charge is 0.389 e. The van der Waals surface area contributed by atoms with E-state index in [0.717, 1.165) is 19.5 Å². The van der Waals surface area contributed by atoms with Gasteiger partial charge in [-0.1, -0.05) is 6.07 Å². The highest BCUT2D eigenvalue weighted by Crippen LogP contribution is 2.26. The van der Waals surface area contributed by atoms with Crippen molar-refractivity contribution in [3.8, 4) is 0 Å². The zero-order chi connectivity index (χ0) is 18.0. The Kier molecular flexibility index (Phi) is 5.34. The van der Waals surface area contributed by atoms with Gasteiger partial charge in [0.25, 0.3) is 5.91 Å². The van der Waals surface area contributed by atoms with Crippen LogP contribution in [-0.2, 0) is 4.79 Å². The lowest BCUT2D eigenvalue weighted by Gasteiger charge is -2.39. The summed E-state index contributed by atoms with van der Waals surface area (Å²) in [6.45, 7) is 4.35. The van der Waals surface area contributed by atoms with Crippen LogP contribution in [0.3, 0.4) is 0 Å². The molecule has 1 aromatic carbocycles. The molecular formula is C18H24FN3O3. The Morgan fingerprint density at radius 1 is 1.20 bits per heavy atom. The zero-order valence-corrected chi connectivity index (χ0v) is 14.3. The fourth-order valence-electron chi connectivity index (χ4n) is 3.77. The summed E-state index contributed by atoms with van der Waals surface area (Å²) >= 11 is 0. The lowest BCUT2D eigenvalue weighted by Crippen LogP contribution is -2.55. The van der Waals surface area contributed by atoms with Crippen LogP contribution in [0.4, 0.5) is 4.39 Å². The Balaban J connectivity index is 1.56. The second-order valence-corrected chi connectivity index (χ2v) is 6.77. The van der Waals surface area contributed by atoms with Gasteiger partial charge in [0.15, 0.2) is 0 Å². The van der Waals surface area contributed by atoms with Gasteiger partial charge in [-0.25, -0.2) is 4.39 Å². The van der Waals surface area contributed by atoms with Crippen molar-refractivity contribution < 1.29 is 19.1 Å². The van der Waals surface area contributed by atoms with Gasteiger partial charge >= 0.3 is 0 Å². The molecule has 136 valence electrons. The van der Waals surface area contributed by atoms with Crippen LogP contribution in [0.5, 0.6) is 0 Å². The fourth-order valence-corrected chi connectivity index (χ4v) is 3.77. The van der Waals surface area contributed by atoms with Crippen molar-refractivity contribution in [3.05, 3.63) is 35.6 Å². The summed E-state index contributed by atoms with van der Waals surface area (Å²) in [7, 11) is 0. The minimum absolute atomic E-state index is 0.0214. The fraction of sp³-hybridized carbons (Fsp3) is 0.556. The maximum absolute atomic E-state index is 13.2. The second kappa shape index (κ2) is 7.49. The molecule has 6 nitrogen and oxygen atoms in total. The van der Waals surface area contributed by atoms with E-state index in [2.05, 4.69) is 10.2 Å². The molecule has 2 fully saturated rings. The van der Waals surface area contributed by atoms with Crippen LogP contribution < -0.4 is 5.32 Å². The molecule has 2 aliphatic rings. The molecule has 0 aromatic heterocycles. The predicted octanol–water partition coefficient (Wildman–Crippen LogP) is 0.612. The number of hydrogen-bond acceptors (Lipinski definition) is 4. The number of rotatable bonds is 3. The molecular weight excluding hydrogens is 325 g/mol. The maximum Gasteiger partial charge on any atom is 0.251 e. The molecule has 1 heterocycles. The Hall–Kier alpha value is -1.99. The number of nitrogens with zero attached hydrogens (tertiary/aromatic N) is 2. The first-order valence-electron chi connectivity index (χ1n) is 8.70. The Morgan fingerprint density at radius 2 is 1.92 bits per heavy atom. The number of aliphatic hydroxyl groups excluding tert-OH is 1. The van der Waals surface area contributed by atoms with E-state index in [4.69, 9.17) is 0 Å². The monoisotopic (exact) mass is 349 g/mol. The minimum atomic E-state index is -0.665. The first-order chi connectivity index (χ1) is 12.0. The Labute approximate surface area is 146 Å². The number of hydrogen-bond donors (Lipinski definition) is 2. The van der Waals surface area contributed by atoms with Gasteiger partial charge in [0, 0.05) is 44.7 Å². The number of nitrogens with one attached hydrogen (secondary N) is 1. The van der Waals surface area contributed by atoms with E-state index in [9.17, 15) is 19.1 Å². The van der Waals surface area contributed by atoms with Crippen LogP contribution in [0.15, 0.2) is 24.3 Å². The Morgan fingerprint density at radius 3 is 2.56 bits per heavy atom. The molecule has 7 heteroatoms. The molecule has 0 unspecified atom stereocenters.